The van der Waals surface area contributed by atoms with E-state index in [0.717, 1.165) is 11.1 Å². The Balaban J connectivity index is 1.50. The van der Waals surface area contributed by atoms with Crippen molar-refractivity contribution in [3.63, 3.8) is 0 Å². The normalized spacial score (nSPS) is 28.1. The van der Waals surface area contributed by atoms with Gasteiger partial charge in [-0.05, 0) is 48.2 Å². The van der Waals surface area contributed by atoms with Crippen molar-refractivity contribution in [2.24, 2.45) is 11.8 Å². The van der Waals surface area contributed by atoms with Crippen molar-refractivity contribution in [2.45, 2.75) is 43.5 Å². The van der Waals surface area contributed by atoms with Crippen LogP contribution in [0.1, 0.15) is 11.1 Å². The van der Waals surface area contributed by atoms with Crippen molar-refractivity contribution in [1.82, 2.24) is 0 Å². The lowest BCUT2D eigenvalue weighted by molar-refractivity contribution is -0.277. The standard InChI is InChI=1S/C28H36O12/c1-34-19-9-14(5-6-18(19)39-28-25(32)24(31)23(30)22(12-29)40-28)8-17-16(13-38-27(17)33)7-15-10-20(35-2)26(37-4)21(11-15)36-3/h5-6,9-11,16-17,22-25,28-32H,7-8,12-13H2,1-4H3/t16-,17+,22+,23+,24-,25+,28+/m0/s1. The van der Waals surface area contributed by atoms with Crippen molar-refractivity contribution in [3.05, 3.63) is 41.5 Å². The second-order valence-electron chi connectivity index (χ2n) is 9.74. The smallest absolute Gasteiger partial charge is 0.309 e. The lowest BCUT2D eigenvalue weighted by Gasteiger charge is -2.39. The van der Waals surface area contributed by atoms with E-state index in [1.54, 1.807) is 32.4 Å². The molecular weight excluding hydrogens is 528 g/mol. The third-order valence-electron chi connectivity index (χ3n) is 7.31. The molecule has 2 fully saturated rings. The number of hydrogen-bond acceptors (Lipinski definition) is 12. The fraction of sp³-hybridized carbons (Fsp3) is 0.536. The van der Waals surface area contributed by atoms with Crippen molar-refractivity contribution in [2.75, 3.05) is 41.7 Å². The fourth-order valence-electron chi connectivity index (χ4n) is 5.09. The van der Waals surface area contributed by atoms with Crippen molar-refractivity contribution in [3.8, 4) is 28.7 Å². The minimum absolute atomic E-state index is 0.105. The zero-order valence-corrected chi connectivity index (χ0v) is 22.8. The predicted molar refractivity (Wildman–Crippen MR) is 139 cm³/mol. The third-order valence-corrected chi connectivity index (χ3v) is 7.31. The molecule has 2 aromatic rings. The van der Waals surface area contributed by atoms with Crippen LogP contribution in [0.3, 0.4) is 0 Å². The van der Waals surface area contributed by atoms with Crippen molar-refractivity contribution in [1.29, 1.82) is 0 Å². The summed E-state index contributed by atoms with van der Waals surface area (Å²) in [5.74, 6) is 1.24. The number of benzene rings is 2. The molecule has 0 aromatic heterocycles. The molecular formula is C28H36O12. The van der Waals surface area contributed by atoms with Gasteiger partial charge >= 0.3 is 5.97 Å². The maximum absolute atomic E-state index is 12.7. The molecule has 2 aromatic carbocycles. The molecule has 0 aliphatic carbocycles. The maximum atomic E-state index is 12.7. The molecule has 12 nitrogen and oxygen atoms in total. The fourth-order valence-corrected chi connectivity index (χ4v) is 5.09. The first-order valence-electron chi connectivity index (χ1n) is 12.8. The number of carbonyl (C=O) groups is 1. The number of esters is 1. The molecule has 220 valence electrons. The van der Waals surface area contributed by atoms with Crippen LogP contribution in [0, 0.1) is 11.8 Å². The molecule has 4 N–H and O–H groups in total. The van der Waals surface area contributed by atoms with Gasteiger partial charge in [0.05, 0.1) is 47.6 Å². The van der Waals surface area contributed by atoms with Gasteiger partial charge in [-0.1, -0.05) is 6.07 Å². The summed E-state index contributed by atoms with van der Waals surface area (Å²) in [7, 11) is 6.07. The highest BCUT2D eigenvalue weighted by atomic mass is 16.7. The van der Waals surface area contributed by atoms with Gasteiger partial charge in [-0.2, -0.15) is 0 Å². The molecule has 40 heavy (non-hydrogen) atoms. The molecule has 4 rings (SSSR count). The van der Waals surface area contributed by atoms with Crippen LogP contribution < -0.4 is 23.7 Å². The summed E-state index contributed by atoms with van der Waals surface area (Å²) in [4.78, 5) is 12.7. The molecule has 0 unspecified atom stereocenters. The molecule has 2 aliphatic heterocycles. The third kappa shape index (κ3) is 6.06. The zero-order valence-electron chi connectivity index (χ0n) is 22.8. The number of rotatable bonds is 11. The molecule has 2 aliphatic rings. The van der Waals surface area contributed by atoms with E-state index in [1.807, 2.05) is 12.1 Å². The summed E-state index contributed by atoms with van der Waals surface area (Å²) in [6.07, 6.45) is -6.17. The van der Waals surface area contributed by atoms with E-state index in [0.29, 0.717) is 35.8 Å². The molecule has 0 amide bonds. The number of aliphatic hydroxyl groups excluding tert-OH is 4. The van der Waals surface area contributed by atoms with Gasteiger partial charge in [0.25, 0.3) is 0 Å². The second kappa shape index (κ2) is 12.9. The van der Waals surface area contributed by atoms with Crippen LogP contribution in [0.5, 0.6) is 28.7 Å². The van der Waals surface area contributed by atoms with E-state index in [2.05, 4.69) is 0 Å². The molecule has 7 atom stereocenters. The second-order valence-corrected chi connectivity index (χ2v) is 9.74. The number of carbonyl (C=O) groups excluding carboxylic acids is 1. The summed E-state index contributed by atoms with van der Waals surface area (Å²) in [6.45, 7) is -0.300. The number of aliphatic hydroxyl groups is 4. The van der Waals surface area contributed by atoms with Gasteiger partial charge in [0.1, 0.15) is 24.4 Å². The van der Waals surface area contributed by atoms with Gasteiger partial charge < -0.3 is 53.6 Å². The lowest BCUT2D eigenvalue weighted by Crippen LogP contribution is -2.60. The molecule has 0 bridgehead atoms. The minimum Gasteiger partial charge on any atom is -0.493 e. The summed E-state index contributed by atoms with van der Waals surface area (Å²) >= 11 is 0. The summed E-state index contributed by atoms with van der Waals surface area (Å²) in [5.41, 5.74) is 1.69. The van der Waals surface area contributed by atoms with Gasteiger partial charge in [0.15, 0.2) is 23.0 Å². The Bertz CT molecular complexity index is 1140. The van der Waals surface area contributed by atoms with Gasteiger partial charge in [-0.15, -0.1) is 0 Å². The number of cyclic esters (lactones) is 1. The minimum atomic E-state index is -1.57. The highest BCUT2D eigenvalue weighted by Gasteiger charge is 2.45. The van der Waals surface area contributed by atoms with E-state index in [-0.39, 0.29) is 24.2 Å². The lowest BCUT2D eigenvalue weighted by atomic mass is 9.85. The maximum Gasteiger partial charge on any atom is 0.309 e. The van der Waals surface area contributed by atoms with Gasteiger partial charge in [0.2, 0.25) is 12.0 Å². The van der Waals surface area contributed by atoms with Gasteiger partial charge in [-0.25, -0.2) is 0 Å². The van der Waals surface area contributed by atoms with Crippen LogP contribution in [0.25, 0.3) is 0 Å². The molecule has 2 heterocycles. The van der Waals surface area contributed by atoms with Gasteiger partial charge in [-0.3, -0.25) is 4.79 Å². The van der Waals surface area contributed by atoms with Crippen molar-refractivity contribution < 1.29 is 58.4 Å². The van der Waals surface area contributed by atoms with Crippen LogP contribution in [0.4, 0.5) is 0 Å². The van der Waals surface area contributed by atoms with Crippen LogP contribution in [0.2, 0.25) is 0 Å². The van der Waals surface area contributed by atoms with E-state index >= 15 is 0 Å². The number of hydrogen-bond donors (Lipinski definition) is 4. The van der Waals surface area contributed by atoms with E-state index < -0.39 is 43.2 Å². The first-order chi connectivity index (χ1) is 19.2. The zero-order chi connectivity index (χ0) is 29.0. The Morgan fingerprint density at radius 2 is 1.45 bits per heavy atom. The van der Waals surface area contributed by atoms with Crippen LogP contribution in [-0.2, 0) is 27.1 Å². The van der Waals surface area contributed by atoms with Gasteiger partial charge in [0, 0.05) is 5.92 Å². The monoisotopic (exact) mass is 564 g/mol. The molecule has 2 saturated heterocycles. The first-order valence-corrected chi connectivity index (χ1v) is 12.8. The average molecular weight is 565 g/mol. The van der Waals surface area contributed by atoms with E-state index in [4.69, 9.17) is 33.2 Å². The topological polar surface area (TPSA) is 163 Å². The molecule has 0 saturated carbocycles. The number of methoxy groups -OCH3 is 4. The first kappa shape index (κ1) is 29.7. The predicted octanol–water partition coefficient (Wildman–Crippen LogP) is 0.474. The Hall–Kier alpha value is -3.29. The highest BCUT2D eigenvalue weighted by molar-refractivity contribution is 5.75. The quantitative estimate of drug-likeness (QED) is 0.280. The Kier molecular flexibility index (Phi) is 9.59. The van der Waals surface area contributed by atoms with Crippen molar-refractivity contribution >= 4 is 5.97 Å². The SMILES string of the molecule is COc1cc(C[C@H]2C(=O)OC[C@@H]2Cc2cc(OC)c(OC)c(OC)c2)ccc1O[C@@H]1O[C@H](CO)[C@@H](O)[C@H](O)[C@H]1O. The molecule has 12 heteroatoms. The van der Waals surface area contributed by atoms with Crippen LogP contribution in [0.15, 0.2) is 30.3 Å². The summed E-state index contributed by atoms with van der Waals surface area (Å²) in [6, 6.07) is 8.78. The Morgan fingerprint density at radius 3 is 2.05 bits per heavy atom. The Labute approximate surface area is 231 Å². The molecule has 0 radical (unpaired) electrons. The van der Waals surface area contributed by atoms with E-state index in [9.17, 15) is 25.2 Å². The summed E-state index contributed by atoms with van der Waals surface area (Å²) < 4.78 is 38.4. The Morgan fingerprint density at radius 1 is 0.800 bits per heavy atom. The average Bonchev–Trinajstić information content (AvgIpc) is 3.31. The highest BCUT2D eigenvalue weighted by Crippen LogP contribution is 2.40. The molecule has 0 spiro atoms. The largest absolute Gasteiger partial charge is 0.493 e. The van der Waals surface area contributed by atoms with E-state index in [1.165, 1.54) is 14.2 Å². The van der Waals surface area contributed by atoms with Crippen LogP contribution >= 0.6 is 0 Å². The van der Waals surface area contributed by atoms with Crippen LogP contribution in [-0.4, -0.2) is 98.8 Å². The summed E-state index contributed by atoms with van der Waals surface area (Å²) in [5, 5.41) is 39.8. The number of ether oxygens (including phenoxy) is 7.